The maximum absolute atomic E-state index is 13.7. The molecule has 0 bridgehead atoms. The first-order chi connectivity index (χ1) is 11.3. The summed E-state index contributed by atoms with van der Waals surface area (Å²) in [5.41, 5.74) is 1.13. The van der Waals surface area contributed by atoms with Gasteiger partial charge < -0.3 is 9.72 Å². The van der Waals surface area contributed by atoms with Gasteiger partial charge in [0.05, 0.1) is 31.3 Å². The number of nitrogens with one attached hydrogen (secondary N) is 1. The van der Waals surface area contributed by atoms with Gasteiger partial charge in [-0.25, -0.2) is 14.4 Å². The van der Waals surface area contributed by atoms with Crippen molar-refractivity contribution in [2.75, 3.05) is 19.7 Å². The smallest absolute Gasteiger partial charge is 0.151 e. The molecule has 0 aliphatic carbocycles. The van der Waals surface area contributed by atoms with Crippen molar-refractivity contribution < 1.29 is 9.13 Å². The number of aromatic amines is 1. The molecular weight excluding hydrogens is 299 g/mol. The van der Waals surface area contributed by atoms with Crippen LogP contribution in [0.5, 0.6) is 0 Å². The topological polar surface area (TPSA) is 71.9 Å². The van der Waals surface area contributed by atoms with E-state index in [2.05, 4.69) is 25.0 Å². The highest BCUT2D eigenvalue weighted by Crippen LogP contribution is 2.17. The van der Waals surface area contributed by atoms with Crippen molar-refractivity contribution in [3.63, 3.8) is 0 Å². The number of H-pyrrole nitrogens is 1. The molecule has 1 aliphatic rings. The molecule has 120 valence electrons. The van der Waals surface area contributed by atoms with Crippen LogP contribution in [0.15, 0.2) is 30.9 Å². The quantitative estimate of drug-likeness (QED) is 0.783. The molecule has 0 unspecified atom stereocenters. The van der Waals surface area contributed by atoms with Crippen molar-refractivity contribution in [1.82, 2.24) is 29.6 Å². The number of morpholine rings is 1. The number of rotatable bonds is 4. The van der Waals surface area contributed by atoms with Gasteiger partial charge in [0.2, 0.25) is 0 Å². The van der Waals surface area contributed by atoms with Crippen molar-refractivity contribution in [1.29, 1.82) is 0 Å². The van der Waals surface area contributed by atoms with Crippen molar-refractivity contribution >= 4 is 11.0 Å². The molecule has 4 rings (SSSR count). The molecular formula is C15H17FN6O. The summed E-state index contributed by atoms with van der Waals surface area (Å²) in [6.45, 7) is 3.58. The molecule has 2 aromatic heterocycles. The summed E-state index contributed by atoms with van der Waals surface area (Å²) < 4.78 is 21.3. The lowest BCUT2D eigenvalue weighted by atomic mass is 10.2. The lowest BCUT2D eigenvalue weighted by molar-refractivity contribution is -0.0408. The van der Waals surface area contributed by atoms with Crippen LogP contribution in [-0.2, 0) is 17.8 Å². The molecule has 23 heavy (non-hydrogen) atoms. The van der Waals surface area contributed by atoms with Crippen LogP contribution in [-0.4, -0.2) is 55.4 Å². The summed E-state index contributed by atoms with van der Waals surface area (Å²) in [6, 6.07) is 4.94. The minimum atomic E-state index is -0.295. The molecule has 0 spiro atoms. The van der Waals surface area contributed by atoms with Gasteiger partial charge in [0.1, 0.15) is 24.0 Å². The molecule has 7 nitrogen and oxygen atoms in total. The van der Waals surface area contributed by atoms with Crippen LogP contribution < -0.4 is 0 Å². The summed E-state index contributed by atoms with van der Waals surface area (Å²) in [7, 11) is 0. The minimum absolute atomic E-state index is 0.0616. The van der Waals surface area contributed by atoms with Crippen molar-refractivity contribution in [3.05, 3.63) is 42.5 Å². The number of halogens is 1. The van der Waals surface area contributed by atoms with Gasteiger partial charge in [0.15, 0.2) is 5.82 Å². The first kappa shape index (κ1) is 14.3. The number of imidazole rings is 1. The molecule has 3 heterocycles. The SMILES string of the molecule is Fc1cccc2[nH]c(CN3CCO[C@@H](Cn4cncn4)C3)nc12. The molecule has 1 aromatic carbocycles. The summed E-state index contributed by atoms with van der Waals surface area (Å²) >= 11 is 0. The maximum atomic E-state index is 13.7. The third kappa shape index (κ3) is 3.08. The number of hydrogen-bond acceptors (Lipinski definition) is 5. The van der Waals surface area contributed by atoms with E-state index >= 15 is 0 Å². The Morgan fingerprint density at radius 2 is 2.35 bits per heavy atom. The van der Waals surface area contributed by atoms with Crippen LogP contribution in [0.4, 0.5) is 4.39 Å². The summed E-state index contributed by atoms with van der Waals surface area (Å²) in [5.74, 6) is 0.475. The Kier molecular flexibility index (Phi) is 3.76. The molecule has 1 atom stereocenters. The third-order valence-electron chi connectivity index (χ3n) is 3.97. The fourth-order valence-electron chi connectivity index (χ4n) is 2.91. The van der Waals surface area contributed by atoms with E-state index in [1.54, 1.807) is 17.1 Å². The van der Waals surface area contributed by atoms with E-state index in [1.807, 2.05) is 6.07 Å². The first-order valence-electron chi connectivity index (χ1n) is 7.57. The maximum Gasteiger partial charge on any atom is 0.151 e. The first-order valence-corrected chi connectivity index (χ1v) is 7.57. The van der Waals surface area contributed by atoms with Crippen molar-refractivity contribution in [2.45, 2.75) is 19.2 Å². The van der Waals surface area contributed by atoms with E-state index in [0.29, 0.717) is 25.2 Å². The highest BCUT2D eigenvalue weighted by Gasteiger charge is 2.22. The Labute approximate surface area is 132 Å². The molecule has 1 saturated heterocycles. The van der Waals surface area contributed by atoms with Gasteiger partial charge in [-0.3, -0.25) is 9.58 Å². The molecule has 0 radical (unpaired) electrons. The number of fused-ring (bicyclic) bond motifs is 1. The lowest BCUT2D eigenvalue weighted by Crippen LogP contribution is -2.43. The van der Waals surface area contributed by atoms with Crippen LogP contribution in [0.1, 0.15) is 5.82 Å². The zero-order valence-electron chi connectivity index (χ0n) is 12.5. The van der Waals surface area contributed by atoms with E-state index in [-0.39, 0.29) is 11.9 Å². The highest BCUT2D eigenvalue weighted by atomic mass is 19.1. The van der Waals surface area contributed by atoms with Gasteiger partial charge in [-0.2, -0.15) is 5.10 Å². The number of hydrogen-bond donors (Lipinski definition) is 1. The molecule has 0 amide bonds. The Morgan fingerprint density at radius 3 is 3.17 bits per heavy atom. The zero-order valence-corrected chi connectivity index (χ0v) is 12.5. The third-order valence-corrected chi connectivity index (χ3v) is 3.97. The molecule has 1 aliphatic heterocycles. The van der Waals surface area contributed by atoms with E-state index in [4.69, 9.17) is 4.74 Å². The van der Waals surface area contributed by atoms with E-state index in [9.17, 15) is 4.39 Å². The summed E-state index contributed by atoms with van der Waals surface area (Å²) in [6.07, 6.45) is 3.26. The number of ether oxygens (including phenoxy) is 1. The van der Waals surface area contributed by atoms with Gasteiger partial charge in [0, 0.05) is 13.1 Å². The van der Waals surface area contributed by atoms with Gasteiger partial charge in [-0.05, 0) is 12.1 Å². The molecule has 8 heteroatoms. The molecule has 0 saturated carbocycles. The average molecular weight is 316 g/mol. The number of para-hydroxylation sites is 1. The van der Waals surface area contributed by atoms with E-state index in [0.717, 1.165) is 24.4 Å². The summed E-state index contributed by atoms with van der Waals surface area (Å²) in [4.78, 5) is 13.7. The van der Waals surface area contributed by atoms with Gasteiger partial charge in [0.25, 0.3) is 0 Å². The second kappa shape index (κ2) is 6.05. The second-order valence-corrected chi connectivity index (χ2v) is 5.66. The van der Waals surface area contributed by atoms with Crippen LogP contribution in [0, 0.1) is 5.82 Å². The second-order valence-electron chi connectivity index (χ2n) is 5.66. The van der Waals surface area contributed by atoms with Gasteiger partial charge >= 0.3 is 0 Å². The summed E-state index contributed by atoms with van der Waals surface area (Å²) in [5, 5.41) is 4.10. The Bertz CT molecular complexity index is 786. The van der Waals surface area contributed by atoms with Crippen LogP contribution in [0.25, 0.3) is 11.0 Å². The monoisotopic (exact) mass is 316 g/mol. The van der Waals surface area contributed by atoms with E-state index < -0.39 is 0 Å². The predicted octanol–water partition coefficient (Wildman–Crippen LogP) is 1.19. The fraction of sp³-hybridized carbons (Fsp3) is 0.400. The zero-order chi connectivity index (χ0) is 15.6. The van der Waals surface area contributed by atoms with Crippen LogP contribution >= 0.6 is 0 Å². The average Bonchev–Trinajstić information content (AvgIpc) is 3.18. The normalized spacial score (nSPS) is 19.4. The molecule has 1 fully saturated rings. The Balaban J connectivity index is 1.44. The Hall–Kier alpha value is -2.32. The molecule has 3 aromatic rings. The lowest BCUT2D eigenvalue weighted by Gasteiger charge is -2.32. The number of aromatic nitrogens is 5. The fourth-order valence-corrected chi connectivity index (χ4v) is 2.91. The van der Waals surface area contributed by atoms with Crippen molar-refractivity contribution in [2.24, 2.45) is 0 Å². The number of nitrogens with zero attached hydrogens (tertiary/aromatic N) is 5. The van der Waals surface area contributed by atoms with E-state index in [1.165, 1.54) is 12.4 Å². The largest absolute Gasteiger partial charge is 0.374 e. The standard InChI is InChI=1S/C15H17FN6O/c16-12-2-1-3-13-15(12)20-14(19-13)8-21-4-5-23-11(6-21)7-22-10-17-9-18-22/h1-3,9-11H,4-8H2,(H,19,20)/t11-/m1/s1. The van der Waals surface area contributed by atoms with Crippen molar-refractivity contribution in [3.8, 4) is 0 Å². The van der Waals surface area contributed by atoms with Crippen LogP contribution in [0.3, 0.4) is 0 Å². The van der Waals surface area contributed by atoms with Crippen LogP contribution in [0.2, 0.25) is 0 Å². The van der Waals surface area contributed by atoms with Gasteiger partial charge in [-0.15, -0.1) is 0 Å². The Morgan fingerprint density at radius 1 is 1.39 bits per heavy atom. The van der Waals surface area contributed by atoms with Gasteiger partial charge in [-0.1, -0.05) is 6.07 Å². The minimum Gasteiger partial charge on any atom is -0.374 e. The highest BCUT2D eigenvalue weighted by molar-refractivity contribution is 5.75. The number of benzene rings is 1. The molecule has 1 N–H and O–H groups in total. The predicted molar refractivity (Wildman–Crippen MR) is 81.1 cm³/mol.